The maximum absolute atomic E-state index is 13.1. The third-order valence-corrected chi connectivity index (χ3v) is 7.23. The van der Waals surface area contributed by atoms with Crippen LogP contribution in [0.5, 0.6) is 5.75 Å². The summed E-state index contributed by atoms with van der Waals surface area (Å²) in [6.45, 7) is 0.407. The van der Waals surface area contributed by atoms with Gasteiger partial charge >= 0.3 is 0 Å². The van der Waals surface area contributed by atoms with Crippen LogP contribution in [0.4, 0.5) is 0 Å². The lowest BCUT2D eigenvalue weighted by Gasteiger charge is -2.24. The van der Waals surface area contributed by atoms with Crippen molar-refractivity contribution in [3.05, 3.63) is 59.7 Å². The number of nitrogens with two attached hydrogens (primary N) is 1. The van der Waals surface area contributed by atoms with E-state index >= 15 is 0 Å². The molecule has 3 rings (SSSR count). The second kappa shape index (κ2) is 7.07. The van der Waals surface area contributed by atoms with Crippen molar-refractivity contribution in [2.45, 2.75) is 10.3 Å². The summed E-state index contributed by atoms with van der Waals surface area (Å²) < 4.78 is 32.8. The lowest BCUT2D eigenvalue weighted by atomic mass is 10.2. The number of rotatable bonds is 5. The molecule has 1 aliphatic heterocycles. The van der Waals surface area contributed by atoms with E-state index in [1.807, 2.05) is 30.3 Å². The van der Waals surface area contributed by atoms with Crippen molar-refractivity contribution in [1.29, 1.82) is 0 Å². The predicted molar refractivity (Wildman–Crippen MR) is 97.0 cm³/mol. The smallest absolute Gasteiger partial charge is 0.252 e. The molecule has 1 saturated heterocycles. The van der Waals surface area contributed by atoms with Gasteiger partial charge in [0.2, 0.25) is 10.0 Å². The molecule has 2 N–H and O–H groups in total. The number of methoxy groups -OCH3 is 1. The largest absolute Gasteiger partial charge is 0.496 e. The second-order valence-corrected chi connectivity index (χ2v) is 8.55. The first-order valence-electron chi connectivity index (χ1n) is 7.61. The summed E-state index contributed by atoms with van der Waals surface area (Å²) in [5, 5.41) is -0.287. The number of sulfonamides is 1. The summed E-state index contributed by atoms with van der Waals surface area (Å²) in [5.74, 6) is 0.226. The van der Waals surface area contributed by atoms with Crippen molar-refractivity contribution < 1.29 is 17.9 Å². The van der Waals surface area contributed by atoms with Crippen LogP contribution in [0.2, 0.25) is 0 Å². The Hall–Kier alpha value is -2.03. The molecule has 0 bridgehead atoms. The predicted octanol–water partition coefficient (Wildman–Crippen LogP) is 2.23. The fourth-order valence-corrected chi connectivity index (χ4v) is 6.02. The van der Waals surface area contributed by atoms with Gasteiger partial charge in [0.05, 0.1) is 22.9 Å². The van der Waals surface area contributed by atoms with Crippen LogP contribution in [0.25, 0.3) is 0 Å². The quantitative estimate of drug-likeness (QED) is 0.862. The molecule has 0 spiro atoms. The molecule has 8 heteroatoms. The van der Waals surface area contributed by atoms with Gasteiger partial charge in [-0.2, -0.15) is 4.31 Å². The van der Waals surface area contributed by atoms with Crippen molar-refractivity contribution in [1.82, 2.24) is 4.31 Å². The van der Waals surface area contributed by atoms with Gasteiger partial charge in [-0.1, -0.05) is 30.3 Å². The fraction of sp³-hybridized carbons (Fsp3) is 0.235. The molecule has 1 atom stereocenters. The van der Waals surface area contributed by atoms with E-state index in [0.29, 0.717) is 12.3 Å². The monoisotopic (exact) mass is 378 g/mol. The highest BCUT2D eigenvalue weighted by Gasteiger charge is 2.37. The molecule has 2 aromatic carbocycles. The Morgan fingerprint density at radius 2 is 1.96 bits per heavy atom. The van der Waals surface area contributed by atoms with Crippen LogP contribution in [-0.4, -0.2) is 38.0 Å². The number of benzene rings is 2. The lowest BCUT2D eigenvalue weighted by molar-refractivity contribution is 0.0997. The summed E-state index contributed by atoms with van der Waals surface area (Å²) in [7, 11) is -2.37. The first-order chi connectivity index (χ1) is 11.9. The number of primary amides is 1. The van der Waals surface area contributed by atoms with Crippen molar-refractivity contribution in [2.24, 2.45) is 5.73 Å². The third kappa shape index (κ3) is 3.37. The summed E-state index contributed by atoms with van der Waals surface area (Å²) >= 11 is 1.57. The number of hydrogen-bond acceptors (Lipinski definition) is 5. The van der Waals surface area contributed by atoms with E-state index in [-0.39, 0.29) is 21.6 Å². The molecule has 0 radical (unpaired) electrons. The fourth-order valence-electron chi connectivity index (χ4n) is 2.76. The van der Waals surface area contributed by atoms with Crippen molar-refractivity contribution in [3.8, 4) is 5.75 Å². The molecule has 132 valence electrons. The van der Waals surface area contributed by atoms with Gasteiger partial charge in [-0.25, -0.2) is 8.42 Å². The number of carbonyl (C=O) groups is 1. The molecule has 0 aromatic heterocycles. The molecule has 1 fully saturated rings. The average Bonchev–Trinajstić information content (AvgIpc) is 3.12. The first-order valence-corrected chi connectivity index (χ1v) is 10.1. The number of carbonyl (C=O) groups excluding carboxylic acids is 1. The highest BCUT2D eigenvalue weighted by atomic mass is 32.2. The average molecular weight is 378 g/mol. The number of ether oxygens (including phenoxy) is 1. The van der Waals surface area contributed by atoms with Gasteiger partial charge in [-0.3, -0.25) is 4.79 Å². The molecule has 1 unspecified atom stereocenters. The molecule has 6 nitrogen and oxygen atoms in total. The maximum atomic E-state index is 13.1. The van der Waals surface area contributed by atoms with E-state index in [1.165, 1.54) is 29.6 Å². The third-order valence-electron chi connectivity index (χ3n) is 3.98. The van der Waals surface area contributed by atoms with Gasteiger partial charge in [-0.15, -0.1) is 11.8 Å². The van der Waals surface area contributed by atoms with Crippen LogP contribution >= 0.6 is 11.8 Å². The maximum Gasteiger partial charge on any atom is 0.252 e. The number of amides is 1. The molecule has 25 heavy (non-hydrogen) atoms. The SMILES string of the molecule is COc1ccc(S(=O)(=O)N2CCSC2c2ccccc2)cc1C(N)=O. The number of hydrogen-bond donors (Lipinski definition) is 1. The standard InChI is InChI=1S/C17H18N2O4S2/c1-23-15-8-7-13(11-14(15)16(18)20)25(21,22)19-9-10-24-17(19)12-5-3-2-4-6-12/h2-8,11,17H,9-10H2,1H3,(H2,18,20). The summed E-state index contributed by atoms with van der Waals surface area (Å²) in [4.78, 5) is 11.6. The molecule has 1 amide bonds. The minimum atomic E-state index is -3.77. The minimum absolute atomic E-state index is 0.0329. The van der Waals surface area contributed by atoms with Gasteiger partial charge in [0.1, 0.15) is 5.75 Å². The van der Waals surface area contributed by atoms with Gasteiger partial charge in [0.15, 0.2) is 0 Å². The van der Waals surface area contributed by atoms with E-state index < -0.39 is 15.9 Å². The Morgan fingerprint density at radius 3 is 2.60 bits per heavy atom. The van der Waals surface area contributed by atoms with Gasteiger partial charge in [0.25, 0.3) is 5.91 Å². The van der Waals surface area contributed by atoms with Crippen LogP contribution in [0.15, 0.2) is 53.4 Å². The molecular formula is C17H18N2O4S2. The Kier molecular flexibility index (Phi) is 5.03. The Labute approximate surface area is 151 Å². The van der Waals surface area contributed by atoms with Crippen molar-refractivity contribution in [2.75, 3.05) is 19.4 Å². The van der Waals surface area contributed by atoms with Gasteiger partial charge < -0.3 is 10.5 Å². The van der Waals surface area contributed by atoms with Crippen LogP contribution in [-0.2, 0) is 10.0 Å². The molecule has 0 saturated carbocycles. The first kappa shape index (κ1) is 17.8. The zero-order valence-electron chi connectivity index (χ0n) is 13.6. The van der Waals surface area contributed by atoms with E-state index in [9.17, 15) is 13.2 Å². The van der Waals surface area contributed by atoms with Crippen molar-refractivity contribution >= 4 is 27.7 Å². The van der Waals surface area contributed by atoms with E-state index in [4.69, 9.17) is 10.5 Å². The molecule has 0 aliphatic carbocycles. The van der Waals surface area contributed by atoms with Crippen LogP contribution in [0.1, 0.15) is 21.3 Å². The minimum Gasteiger partial charge on any atom is -0.496 e. The second-order valence-electron chi connectivity index (χ2n) is 5.48. The molecular weight excluding hydrogens is 360 g/mol. The number of nitrogens with zero attached hydrogens (tertiary/aromatic N) is 1. The summed E-state index contributed by atoms with van der Waals surface area (Å²) in [6, 6.07) is 13.7. The topological polar surface area (TPSA) is 89.7 Å². The van der Waals surface area contributed by atoms with Crippen LogP contribution < -0.4 is 10.5 Å². The number of thioether (sulfide) groups is 1. The van der Waals surface area contributed by atoms with Gasteiger partial charge in [0, 0.05) is 12.3 Å². The molecule has 1 heterocycles. The highest BCUT2D eigenvalue weighted by Crippen LogP contribution is 2.41. The molecule has 2 aromatic rings. The normalized spacial score (nSPS) is 18.2. The highest BCUT2D eigenvalue weighted by molar-refractivity contribution is 8.01. The van der Waals surface area contributed by atoms with Crippen LogP contribution in [0, 0.1) is 0 Å². The summed E-state index contributed by atoms with van der Waals surface area (Å²) in [6.07, 6.45) is 0. The molecule has 1 aliphatic rings. The van der Waals surface area contributed by atoms with Crippen molar-refractivity contribution in [3.63, 3.8) is 0 Å². The zero-order valence-corrected chi connectivity index (χ0v) is 15.2. The Balaban J connectivity index is 2.01. The lowest BCUT2D eigenvalue weighted by Crippen LogP contribution is -2.30. The summed E-state index contributed by atoms with van der Waals surface area (Å²) in [5.41, 5.74) is 6.32. The van der Waals surface area contributed by atoms with E-state index in [2.05, 4.69) is 0 Å². The van der Waals surface area contributed by atoms with Gasteiger partial charge in [-0.05, 0) is 23.8 Å². The Morgan fingerprint density at radius 1 is 1.24 bits per heavy atom. The zero-order chi connectivity index (χ0) is 18.0. The van der Waals surface area contributed by atoms with Crippen LogP contribution in [0.3, 0.4) is 0 Å². The van der Waals surface area contributed by atoms with E-state index in [1.54, 1.807) is 11.8 Å². The van der Waals surface area contributed by atoms with E-state index in [0.717, 1.165) is 5.56 Å². The Bertz CT molecular complexity index is 885.